The molecule has 4 heteroatoms. The second kappa shape index (κ2) is 5.50. The van der Waals surface area contributed by atoms with Gasteiger partial charge < -0.3 is 10.2 Å². The van der Waals surface area contributed by atoms with Gasteiger partial charge in [0.05, 0.1) is 12.7 Å². The molecule has 0 amide bonds. The standard InChI is InChI=1S/C20H30O4/c1-18(2)6-5-7-20(4)15(18)8-13(22)12-9-19(3,16(24)11-21)10-14(23)17(12)20/h15-16,21,24H,5-11H2,1-4H3. The number of carbonyl (C=O) groups is 2. The molecule has 0 aromatic carbocycles. The third-order valence-electron chi connectivity index (χ3n) is 7.23. The van der Waals surface area contributed by atoms with E-state index in [-0.39, 0.29) is 41.3 Å². The van der Waals surface area contributed by atoms with Crippen molar-refractivity contribution in [3.63, 3.8) is 0 Å². The summed E-state index contributed by atoms with van der Waals surface area (Å²) >= 11 is 0. The van der Waals surface area contributed by atoms with Crippen molar-refractivity contribution < 1.29 is 19.8 Å². The molecule has 0 aromatic rings. The summed E-state index contributed by atoms with van der Waals surface area (Å²) in [4.78, 5) is 26.0. The van der Waals surface area contributed by atoms with Gasteiger partial charge in [-0.15, -0.1) is 0 Å². The zero-order valence-electron chi connectivity index (χ0n) is 15.3. The highest BCUT2D eigenvalue weighted by Crippen LogP contribution is 2.61. The first-order valence-electron chi connectivity index (χ1n) is 9.14. The van der Waals surface area contributed by atoms with Crippen LogP contribution in [0.4, 0.5) is 0 Å². The molecule has 3 rings (SSSR count). The fourth-order valence-electron chi connectivity index (χ4n) is 5.77. The minimum Gasteiger partial charge on any atom is -0.394 e. The maximum atomic E-state index is 13.1. The zero-order chi connectivity index (χ0) is 17.9. The molecule has 4 unspecified atom stereocenters. The van der Waals surface area contributed by atoms with Gasteiger partial charge in [-0.25, -0.2) is 0 Å². The molecule has 0 bridgehead atoms. The van der Waals surface area contributed by atoms with Crippen molar-refractivity contribution >= 4 is 11.6 Å². The molecule has 134 valence electrons. The molecule has 0 heterocycles. The van der Waals surface area contributed by atoms with Crippen LogP contribution in [0.25, 0.3) is 0 Å². The lowest BCUT2D eigenvalue weighted by Gasteiger charge is -2.56. The Bertz CT molecular complexity index is 617. The van der Waals surface area contributed by atoms with Crippen LogP contribution in [0.15, 0.2) is 11.1 Å². The molecule has 1 fully saturated rings. The highest BCUT2D eigenvalue weighted by Gasteiger charge is 2.57. The van der Waals surface area contributed by atoms with Gasteiger partial charge in [-0.3, -0.25) is 9.59 Å². The summed E-state index contributed by atoms with van der Waals surface area (Å²) in [6.07, 6.45) is 3.27. The first-order chi connectivity index (χ1) is 11.0. The summed E-state index contributed by atoms with van der Waals surface area (Å²) in [5.74, 6) is 0.289. The van der Waals surface area contributed by atoms with Crippen LogP contribution < -0.4 is 0 Å². The van der Waals surface area contributed by atoms with Gasteiger partial charge in [-0.05, 0) is 30.6 Å². The van der Waals surface area contributed by atoms with Crippen molar-refractivity contribution in [3.05, 3.63) is 11.1 Å². The van der Waals surface area contributed by atoms with Gasteiger partial charge in [0.1, 0.15) is 0 Å². The van der Waals surface area contributed by atoms with E-state index in [1.807, 2.05) is 6.92 Å². The predicted octanol–water partition coefficient (Wildman–Crippen LogP) is 2.81. The SMILES string of the molecule is CC1(C)CCCC2(C)C3=C(CC(C)(C(O)CO)CC3=O)C(=O)CC12. The van der Waals surface area contributed by atoms with E-state index >= 15 is 0 Å². The number of Topliss-reactive ketones (excluding diaryl/α,β-unsaturated/α-hetero) is 2. The minimum atomic E-state index is -0.975. The molecule has 3 aliphatic rings. The van der Waals surface area contributed by atoms with Gasteiger partial charge in [-0.1, -0.05) is 34.1 Å². The van der Waals surface area contributed by atoms with E-state index in [1.54, 1.807) is 0 Å². The number of hydrogen-bond donors (Lipinski definition) is 2. The Balaban J connectivity index is 2.10. The van der Waals surface area contributed by atoms with E-state index in [9.17, 15) is 19.8 Å². The van der Waals surface area contributed by atoms with Crippen LogP contribution in [-0.2, 0) is 9.59 Å². The lowest BCUT2D eigenvalue weighted by Crippen LogP contribution is -2.52. The topological polar surface area (TPSA) is 74.6 Å². The van der Waals surface area contributed by atoms with Crippen molar-refractivity contribution in [1.82, 2.24) is 0 Å². The Kier molecular flexibility index (Phi) is 4.08. The Hall–Kier alpha value is -1.00. The quantitative estimate of drug-likeness (QED) is 0.814. The van der Waals surface area contributed by atoms with E-state index in [2.05, 4.69) is 20.8 Å². The Morgan fingerprint density at radius 2 is 1.75 bits per heavy atom. The second-order valence-corrected chi connectivity index (χ2v) is 9.42. The Morgan fingerprint density at radius 1 is 1.08 bits per heavy atom. The van der Waals surface area contributed by atoms with Crippen LogP contribution in [0.3, 0.4) is 0 Å². The second-order valence-electron chi connectivity index (χ2n) is 9.42. The van der Waals surface area contributed by atoms with Crippen LogP contribution >= 0.6 is 0 Å². The minimum absolute atomic E-state index is 0.00417. The fraction of sp³-hybridized carbons (Fsp3) is 0.800. The van der Waals surface area contributed by atoms with E-state index in [1.165, 1.54) is 0 Å². The maximum absolute atomic E-state index is 13.1. The number of aliphatic hydroxyl groups excluding tert-OH is 2. The number of carbonyl (C=O) groups excluding carboxylic acids is 2. The Labute approximate surface area is 144 Å². The number of ketones is 2. The number of allylic oxidation sites excluding steroid dienone is 2. The summed E-state index contributed by atoms with van der Waals surface area (Å²) < 4.78 is 0. The van der Waals surface area contributed by atoms with Crippen molar-refractivity contribution in [3.8, 4) is 0 Å². The van der Waals surface area contributed by atoms with Crippen LogP contribution in [-0.4, -0.2) is 34.5 Å². The number of hydrogen-bond acceptors (Lipinski definition) is 4. The molecular weight excluding hydrogens is 304 g/mol. The average molecular weight is 334 g/mol. The van der Waals surface area contributed by atoms with Gasteiger partial charge in [0.15, 0.2) is 11.6 Å². The van der Waals surface area contributed by atoms with Crippen LogP contribution in [0, 0.1) is 22.2 Å². The maximum Gasteiger partial charge on any atom is 0.160 e. The third kappa shape index (κ3) is 2.41. The Morgan fingerprint density at radius 3 is 2.38 bits per heavy atom. The highest BCUT2D eigenvalue weighted by atomic mass is 16.3. The summed E-state index contributed by atoms with van der Waals surface area (Å²) in [5.41, 5.74) is 0.477. The first kappa shape index (κ1) is 17.8. The van der Waals surface area contributed by atoms with Crippen LogP contribution in [0.1, 0.15) is 66.2 Å². The fourth-order valence-corrected chi connectivity index (χ4v) is 5.77. The lowest BCUT2D eigenvalue weighted by atomic mass is 9.47. The molecule has 24 heavy (non-hydrogen) atoms. The molecule has 0 aromatic heterocycles. The van der Waals surface area contributed by atoms with Crippen molar-refractivity contribution in [2.45, 2.75) is 72.3 Å². The molecule has 3 aliphatic carbocycles. The smallest absolute Gasteiger partial charge is 0.160 e. The summed E-state index contributed by atoms with van der Waals surface area (Å²) in [6.45, 7) is 8.04. The average Bonchev–Trinajstić information content (AvgIpc) is 2.48. The van der Waals surface area contributed by atoms with E-state index in [0.717, 1.165) is 24.8 Å². The molecule has 2 N–H and O–H groups in total. The number of fused-ring (bicyclic) bond motifs is 2. The largest absolute Gasteiger partial charge is 0.394 e. The zero-order valence-corrected chi connectivity index (χ0v) is 15.3. The molecular formula is C20H30O4. The molecule has 0 saturated heterocycles. The van der Waals surface area contributed by atoms with Crippen molar-refractivity contribution in [1.29, 1.82) is 0 Å². The summed E-state index contributed by atoms with van der Waals surface area (Å²) in [6, 6.07) is 0. The molecule has 4 nitrogen and oxygen atoms in total. The van der Waals surface area contributed by atoms with Gasteiger partial charge in [0.25, 0.3) is 0 Å². The molecule has 1 saturated carbocycles. The van der Waals surface area contributed by atoms with E-state index in [4.69, 9.17) is 0 Å². The predicted molar refractivity (Wildman–Crippen MR) is 91.3 cm³/mol. The van der Waals surface area contributed by atoms with Crippen molar-refractivity contribution in [2.75, 3.05) is 6.61 Å². The van der Waals surface area contributed by atoms with Gasteiger partial charge >= 0.3 is 0 Å². The molecule has 4 atom stereocenters. The first-order valence-corrected chi connectivity index (χ1v) is 9.14. The molecule has 0 radical (unpaired) electrons. The van der Waals surface area contributed by atoms with E-state index < -0.39 is 11.5 Å². The van der Waals surface area contributed by atoms with Crippen LogP contribution in [0.5, 0.6) is 0 Å². The molecule has 0 spiro atoms. The third-order valence-corrected chi connectivity index (χ3v) is 7.23. The number of aliphatic hydroxyl groups is 2. The lowest BCUT2D eigenvalue weighted by molar-refractivity contribution is -0.132. The van der Waals surface area contributed by atoms with Gasteiger partial charge in [0, 0.05) is 34.8 Å². The highest BCUT2D eigenvalue weighted by molar-refractivity contribution is 6.10. The molecule has 0 aliphatic heterocycles. The monoisotopic (exact) mass is 334 g/mol. The summed E-state index contributed by atoms with van der Waals surface area (Å²) in [5, 5.41) is 19.5. The normalized spacial score (nSPS) is 40.2. The van der Waals surface area contributed by atoms with E-state index in [0.29, 0.717) is 18.4 Å². The van der Waals surface area contributed by atoms with Crippen LogP contribution in [0.2, 0.25) is 0 Å². The van der Waals surface area contributed by atoms with Gasteiger partial charge in [-0.2, -0.15) is 0 Å². The number of rotatable bonds is 2. The summed E-state index contributed by atoms with van der Waals surface area (Å²) in [7, 11) is 0. The van der Waals surface area contributed by atoms with Crippen molar-refractivity contribution in [2.24, 2.45) is 22.2 Å². The van der Waals surface area contributed by atoms with Gasteiger partial charge in [0.2, 0.25) is 0 Å².